The predicted octanol–water partition coefficient (Wildman–Crippen LogP) is 1.06. The highest BCUT2D eigenvalue weighted by atomic mass is 32.2. The molecule has 78 valence electrons. The molecule has 0 aliphatic heterocycles. The molecule has 1 N–H and O–H groups in total. The molecule has 0 radical (unpaired) electrons. The van der Waals surface area contributed by atoms with E-state index in [1.165, 1.54) is 0 Å². The van der Waals surface area contributed by atoms with Gasteiger partial charge in [0.15, 0.2) is 0 Å². The van der Waals surface area contributed by atoms with Crippen molar-refractivity contribution < 1.29 is 13.3 Å². The van der Waals surface area contributed by atoms with Gasteiger partial charge in [-0.2, -0.15) is 0 Å². The van der Waals surface area contributed by atoms with Gasteiger partial charge in [-0.3, -0.25) is 4.84 Å². The van der Waals surface area contributed by atoms with Gasteiger partial charge in [0.2, 0.25) is 10.0 Å². The molecule has 5 heteroatoms. The summed E-state index contributed by atoms with van der Waals surface area (Å²) < 4.78 is 21.9. The third-order valence-corrected chi connectivity index (χ3v) is 2.78. The van der Waals surface area contributed by atoms with Gasteiger partial charge in [0.1, 0.15) is 0 Å². The van der Waals surface area contributed by atoms with Crippen LogP contribution in [0.1, 0.15) is 12.5 Å². The molecule has 0 atom stereocenters. The summed E-state index contributed by atoms with van der Waals surface area (Å²) in [4.78, 5) is 6.87. The average Bonchev–Trinajstić information content (AvgIpc) is 2.19. The fraction of sp³-hybridized carbons (Fsp3) is 0.333. The Bertz CT molecular complexity index is 361. The summed E-state index contributed by atoms with van der Waals surface area (Å²) >= 11 is 0. The Morgan fingerprint density at radius 1 is 1.29 bits per heavy atom. The molecule has 4 nitrogen and oxygen atoms in total. The van der Waals surface area contributed by atoms with Crippen LogP contribution in [0.25, 0.3) is 0 Å². The van der Waals surface area contributed by atoms with E-state index < -0.39 is 10.0 Å². The van der Waals surface area contributed by atoms with Crippen LogP contribution in [0.15, 0.2) is 30.3 Å². The summed E-state index contributed by atoms with van der Waals surface area (Å²) in [6, 6.07) is 9.35. The van der Waals surface area contributed by atoms with Crippen molar-refractivity contribution >= 4 is 10.0 Å². The second kappa shape index (κ2) is 5.09. The number of nitrogens with one attached hydrogen (secondary N) is 1. The van der Waals surface area contributed by atoms with E-state index in [0.717, 1.165) is 5.56 Å². The van der Waals surface area contributed by atoms with Crippen LogP contribution in [0.2, 0.25) is 0 Å². The highest BCUT2D eigenvalue weighted by Crippen LogP contribution is 1.99. The van der Waals surface area contributed by atoms with Gasteiger partial charge in [-0.15, -0.1) is 0 Å². The first-order chi connectivity index (χ1) is 6.64. The van der Waals surface area contributed by atoms with E-state index in [1.54, 1.807) is 6.92 Å². The maximum absolute atomic E-state index is 11.0. The number of rotatable bonds is 5. The molecule has 0 saturated carbocycles. The van der Waals surface area contributed by atoms with Gasteiger partial charge < -0.3 is 0 Å². The van der Waals surface area contributed by atoms with Crippen LogP contribution in [0, 0.1) is 0 Å². The summed E-state index contributed by atoms with van der Waals surface area (Å²) in [6.45, 7) is 1.79. The quantitative estimate of drug-likeness (QED) is 0.747. The molecule has 0 spiro atoms. The monoisotopic (exact) mass is 215 g/mol. The Balaban J connectivity index is 2.37. The molecule has 0 aliphatic rings. The van der Waals surface area contributed by atoms with E-state index in [9.17, 15) is 8.42 Å². The smallest absolute Gasteiger partial charge is 0.233 e. The van der Waals surface area contributed by atoms with Crippen molar-refractivity contribution in [2.45, 2.75) is 13.5 Å². The normalized spacial score (nSPS) is 11.5. The van der Waals surface area contributed by atoms with Crippen LogP contribution in [-0.4, -0.2) is 14.2 Å². The standard InChI is InChI=1S/C9H13NO3S/c1-2-14(11,12)10-13-8-9-6-4-3-5-7-9/h3-7,10H,2,8H2,1H3. The Morgan fingerprint density at radius 3 is 2.50 bits per heavy atom. The molecule has 1 rings (SSSR count). The number of sulfonamides is 1. The van der Waals surface area contributed by atoms with Crippen molar-refractivity contribution in [1.29, 1.82) is 0 Å². The topological polar surface area (TPSA) is 55.4 Å². The van der Waals surface area contributed by atoms with Crippen LogP contribution in [0.3, 0.4) is 0 Å². The minimum absolute atomic E-state index is 0.0157. The molecule has 0 saturated heterocycles. The van der Waals surface area contributed by atoms with Gasteiger partial charge >= 0.3 is 0 Å². The molecule has 0 aliphatic carbocycles. The van der Waals surface area contributed by atoms with Gasteiger partial charge in [0, 0.05) is 0 Å². The zero-order chi connectivity index (χ0) is 10.4. The molecule has 0 unspecified atom stereocenters. The van der Waals surface area contributed by atoms with Crippen LogP contribution in [0.4, 0.5) is 0 Å². The van der Waals surface area contributed by atoms with Crippen molar-refractivity contribution in [2.75, 3.05) is 5.75 Å². The molecular weight excluding hydrogens is 202 g/mol. The molecule has 14 heavy (non-hydrogen) atoms. The van der Waals surface area contributed by atoms with Gasteiger partial charge in [-0.25, -0.2) is 8.42 Å². The van der Waals surface area contributed by atoms with E-state index in [0.29, 0.717) is 0 Å². The van der Waals surface area contributed by atoms with Crippen molar-refractivity contribution in [1.82, 2.24) is 4.89 Å². The third-order valence-electron chi connectivity index (χ3n) is 1.65. The molecule has 0 bridgehead atoms. The third kappa shape index (κ3) is 3.87. The molecule has 1 aromatic carbocycles. The number of hydrogen-bond acceptors (Lipinski definition) is 3. The van der Waals surface area contributed by atoms with Crippen LogP contribution < -0.4 is 4.89 Å². The van der Waals surface area contributed by atoms with Gasteiger partial charge in [0.05, 0.1) is 12.4 Å². The zero-order valence-corrected chi connectivity index (χ0v) is 8.75. The van der Waals surface area contributed by atoms with Crippen LogP contribution >= 0.6 is 0 Å². The predicted molar refractivity (Wildman–Crippen MR) is 53.8 cm³/mol. The van der Waals surface area contributed by atoms with E-state index >= 15 is 0 Å². The largest absolute Gasteiger partial charge is 0.282 e. The Hall–Kier alpha value is -0.910. The summed E-state index contributed by atoms with van der Waals surface area (Å²) in [5.41, 5.74) is 0.923. The second-order valence-corrected chi connectivity index (χ2v) is 4.73. The fourth-order valence-electron chi connectivity index (χ4n) is 0.836. The minimum Gasteiger partial charge on any atom is -0.282 e. The fourth-order valence-corrected chi connectivity index (χ4v) is 1.19. The summed E-state index contributed by atoms with van der Waals surface area (Å²) in [6.07, 6.45) is 0. The molecule has 1 aromatic rings. The molecule has 0 fully saturated rings. The lowest BCUT2D eigenvalue weighted by Crippen LogP contribution is -2.25. The van der Waals surface area contributed by atoms with Crippen LogP contribution in [-0.2, 0) is 21.5 Å². The molecular formula is C9H13NO3S. The summed E-state index contributed by atoms with van der Waals surface area (Å²) in [7, 11) is -3.26. The summed E-state index contributed by atoms with van der Waals surface area (Å²) in [5, 5.41) is 0. The first-order valence-corrected chi connectivity index (χ1v) is 5.94. The first-order valence-electron chi connectivity index (χ1n) is 4.29. The van der Waals surface area contributed by atoms with Gasteiger partial charge in [-0.1, -0.05) is 35.2 Å². The van der Waals surface area contributed by atoms with Gasteiger partial charge in [0.25, 0.3) is 0 Å². The maximum Gasteiger partial charge on any atom is 0.233 e. The molecule has 0 aromatic heterocycles. The summed E-state index contributed by atoms with van der Waals surface area (Å²) in [5.74, 6) is 0.0157. The number of benzene rings is 1. The average molecular weight is 215 g/mol. The Labute approximate surface area is 83.9 Å². The van der Waals surface area contributed by atoms with E-state index in [4.69, 9.17) is 4.84 Å². The van der Waals surface area contributed by atoms with E-state index in [1.807, 2.05) is 35.2 Å². The highest BCUT2D eigenvalue weighted by molar-refractivity contribution is 7.89. The van der Waals surface area contributed by atoms with Crippen molar-refractivity contribution in [3.05, 3.63) is 35.9 Å². The van der Waals surface area contributed by atoms with Crippen molar-refractivity contribution in [3.8, 4) is 0 Å². The van der Waals surface area contributed by atoms with E-state index in [2.05, 4.69) is 0 Å². The van der Waals surface area contributed by atoms with E-state index in [-0.39, 0.29) is 12.4 Å². The van der Waals surface area contributed by atoms with Crippen LogP contribution in [0.5, 0.6) is 0 Å². The zero-order valence-electron chi connectivity index (χ0n) is 7.93. The van der Waals surface area contributed by atoms with Crippen molar-refractivity contribution in [2.24, 2.45) is 0 Å². The molecule has 0 heterocycles. The second-order valence-electron chi connectivity index (χ2n) is 2.76. The lowest BCUT2D eigenvalue weighted by atomic mass is 10.2. The van der Waals surface area contributed by atoms with Crippen molar-refractivity contribution in [3.63, 3.8) is 0 Å². The Morgan fingerprint density at radius 2 is 1.93 bits per heavy atom. The molecule has 0 amide bonds. The minimum atomic E-state index is -3.26. The number of hydrogen-bond donors (Lipinski definition) is 1. The lowest BCUT2D eigenvalue weighted by Gasteiger charge is -2.04. The SMILES string of the molecule is CCS(=O)(=O)NOCc1ccccc1. The Kier molecular flexibility index (Phi) is 4.06. The van der Waals surface area contributed by atoms with Gasteiger partial charge in [-0.05, 0) is 12.5 Å². The highest BCUT2D eigenvalue weighted by Gasteiger charge is 2.05. The first kappa shape index (κ1) is 11.2. The lowest BCUT2D eigenvalue weighted by molar-refractivity contribution is 0.0796. The maximum atomic E-state index is 11.0.